The third-order valence-corrected chi connectivity index (χ3v) is 7.60. The summed E-state index contributed by atoms with van der Waals surface area (Å²) in [6, 6.07) is 7.98. The lowest BCUT2D eigenvalue weighted by molar-refractivity contribution is -0.129. The van der Waals surface area contributed by atoms with Crippen molar-refractivity contribution in [2.75, 3.05) is 14.1 Å². The zero-order valence-electron chi connectivity index (χ0n) is 21.3. The van der Waals surface area contributed by atoms with Crippen molar-refractivity contribution >= 4 is 30.2 Å². The fourth-order valence-corrected chi connectivity index (χ4v) is 4.30. The molecule has 1 saturated carbocycles. The Kier molecular flexibility index (Phi) is 6.40. The molecule has 2 aliphatic rings. The Morgan fingerprint density at radius 1 is 1.11 bits per heavy atom. The van der Waals surface area contributed by atoms with Crippen molar-refractivity contribution in [2.45, 2.75) is 70.1 Å². The minimum absolute atomic E-state index is 0.0524. The molecule has 35 heavy (non-hydrogen) atoms. The molecule has 1 aliphatic carbocycles. The molecule has 2 N–H and O–H groups in total. The van der Waals surface area contributed by atoms with Gasteiger partial charge in [0.1, 0.15) is 12.4 Å². The summed E-state index contributed by atoms with van der Waals surface area (Å²) in [6.45, 7) is 8.16. The molecule has 2 heterocycles. The van der Waals surface area contributed by atoms with E-state index in [1.165, 1.54) is 22.0 Å². The van der Waals surface area contributed by atoms with Gasteiger partial charge in [-0.25, -0.2) is 0 Å². The number of nitrogens with zero attached hydrogens (tertiary/aromatic N) is 3. The summed E-state index contributed by atoms with van der Waals surface area (Å²) in [5.41, 5.74) is 0.878. The number of hydrogen-bond donors (Lipinski definition) is 2. The fourth-order valence-electron chi connectivity index (χ4n) is 4.30. The first-order chi connectivity index (χ1) is 16.3. The van der Waals surface area contributed by atoms with E-state index in [1.807, 2.05) is 52.0 Å². The second-order valence-corrected chi connectivity index (χ2v) is 10.7. The van der Waals surface area contributed by atoms with Crippen molar-refractivity contribution in [3.05, 3.63) is 47.8 Å². The summed E-state index contributed by atoms with van der Waals surface area (Å²) in [4.78, 5) is 26.2. The molecule has 186 valence electrons. The van der Waals surface area contributed by atoms with Gasteiger partial charge in [-0.2, -0.15) is 5.10 Å². The number of aromatic nitrogens is 2. The highest BCUT2D eigenvalue weighted by atomic mass is 16.7. The Morgan fingerprint density at radius 3 is 2.23 bits per heavy atom. The SMILES string of the molecule is CN(C)C(=O)Cn1cc(C(=O)NC(=N)C2(c3ccc(B4OC(C)(C)C(C)(C)O4)cc3)CCC2)cn1. The van der Waals surface area contributed by atoms with Crippen LogP contribution >= 0.6 is 0 Å². The molecule has 0 bridgehead atoms. The maximum atomic E-state index is 12.8. The van der Waals surface area contributed by atoms with E-state index in [1.54, 1.807) is 14.1 Å². The van der Waals surface area contributed by atoms with Gasteiger partial charge in [-0.15, -0.1) is 0 Å². The third kappa shape index (κ3) is 4.64. The molecule has 0 unspecified atom stereocenters. The maximum absolute atomic E-state index is 12.8. The molecule has 1 aliphatic heterocycles. The Labute approximate surface area is 206 Å². The minimum atomic E-state index is -0.527. The number of nitrogens with one attached hydrogen (secondary N) is 2. The minimum Gasteiger partial charge on any atom is -0.399 e. The number of benzene rings is 1. The van der Waals surface area contributed by atoms with Gasteiger partial charge in [0.15, 0.2) is 0 Å². The molecule has 1 saturated heterocycles. The summed E-state index contributed by atoms with van der Waals surface area (Å²) in [5, 5.41) is 15.6. The molecule has 4 rings (SSSR count). The van der Waals surface area contributed by atoms with Crippen LogP contribution in [-0.4, -0.2) is 64.7 Å². The van der Waals surface area contributed by atoms with E-state index in [0.717, 1.165) is 30.3 Å². The van der Waals surface area contributed by atoms with Crippen LogP contribution in [-0.2, 0) is 26.1 Å². The first kappa shape index (κ1) is 25.1. The second kappa shape index (κ2) is 8.91. The Hall–Kier alpha value is -2.98. The normalized spacial score (nSPS) is 19.7. The van der Waals surface area contributed by atoms with Gasteiger partial charge in [0.2, 0.25) is 5.91 Å². The van der Waals surface area contributed by atoms with Gasteiger partial charge in [0.05, 0.1) is 28.4 Å². The van der Waals surface area contributed by atoms with E-state index in [0.29, 0.717) is 5.56 Å². The topological polar surface area (TPSA) is 110 Å². The number of carbonyl (C=O) groups is 2. The van der Waals surface area contributed by atoms with Gasteiger partial charge in [-0.1, -0.05) is 30.7 Å². The highest BCUT2D eigenvalue weighted by Crippen LogP contribution is 2.44. The number of hydrogen-bond acceptors (Lipinski definition) is 6. The molecular formula is C25H34BN5O4. The van der Waals surface area contributed by atoms with Crippen LogP contribution in [0.2, 0.25) is 0 Å². The van der Waals surface area contributed by atoms with E-state index in [9.17, 15) is 9.59 Å². The molecule has 10 heteroatoms. The zero-order chi connectivity index (χ0) is 25.6. The van der Waals surface area contributed by atoms with Gasteiger partial charge < -0.3 is 19.5 Å². The van der Waals surface area contributed by atoms with Crippen LogP contribution < -0.4 is 10.8 Å². The number of carbonyl (C=O) groups excluding carboxylic acids is 2. The Bertz CT molecular complexity index is 1120. The fraction of sp³-hybridized carbons (Fsp3) is 0.520. The lowest BCUT2D eigenvalue weighted by Crippen LogP contribution is -2.50. The van der Waals surface area contributed by atoms with Crippen molar-refractivity contribution in [3.8, 4) is 0 Å². The molecule has 9 nitrogen and oxygen atoms in total. The quantitative estimate of drug-likeness (QED) is 0.375. The second-order valence-electron chi connectivity index (χ2n) is 10.7. The number of rotatable bonds is 6. The van der Waals surface area contributed by atoms with E-state index >= 15 is 0 Å². The Balaban J connectivity index is 1.45. The predicted molar refractivity (Wildman–Crippen MR) is 134 cm³/mol. The van der Waals surface area contributed by atoms with Crippen molar-refractivity contribution in [1.82, 2.24) is 20.0 Å². The monoisotopic (exact) mass is 479 g/mol. The molecule has 1 aromatic heterocycles. The molecule has 2 fully saturated rings. The van der Waals surface area contributed by atoms with Crippen LogP contribution in [0.3, 0.4) is 0 Å². The highest BCUT2D eigenvalue weighted by molar-refractivity contribution is 6.62. The summed E-state index contributed by atoms with van der Waals surface area (Å²) in [6.07, 6.45) is 5.51. The summed E-state index contributed by atoms with van der Waals surface area (Å²) < 4.78 is 13.7. The van der Waals surface area contributed by atoms with Crippen LogP contribution in [0.5, 0.6) is 0 Å². The lowest BCUT2D eigenvalue weighted by atomic mass is 9.63. The largest absolute Gasteiger partial charge is 0.494 e. The number of likely N-dealkylation sites (N-methyl/N-ethyl adjacent to an activating group) is 1. The molecule has 1 aromatic carbocycles. The predicted octanol–water partition coefficient (Wildman–Crippen LogP) is 2.10. The van der Waals surface area contributed by atoms with Gasteiger partial charge in [0.25, 0.3) is 5.91 Å². The van der Waals surface area contributed by atoms with Gasteiger partial charge in [-0.05, 0) is 51.6 Å². The Morgan fingerprint density at radius 2 is 1.71 bits per heavy atom. The lowest BCUT2D eigenvalue weighted by Gasteiger charge is -2.42. The van der Waals surface area contributed by atoms with Gasteiger partial charge in [0, 0.05) is 20.3 Å². The van der Waals surface area contributed by atoms with E-state index in [4.69, 9.17) is 14.7 Å². The molecule has 0 spiro atoms. The molecule has 2 amide bonds. The van der Waals surface area contributed by atoms with Gasteiger partial charge >= 0.3 is 7.12 Å². The van der Waals surface area contributed by atoms with E-state index < -0.39 is 29.6 Å². The molecule has 2 aromatic rings. The van der Waals surface area contributed by atoms with Crippen LogP contribution in [0.25, 0.3) is 0 Å². The van der Waals surface area contributed by atoms with Crippen LogP contribution in [0, 0.1) is 5.41 Å². The van der Waals surface area contributed by atoms with Crippen molar-refractivity contribution < 1.29 is 18.9 Å². The van der Waals surface area contributed by atoms with E-state index in [-0.39, 0.29) is 18.3 Å². The summed E-state index contributed by atoms with van der Waals surface area (Å²) in [5.74, 6) is -0.349. The number of amidine groups is 1. The zero-order valence-corrected chi connectivity index (χ0v) is 21.3. The number of amides is 2. The van der Waals surface area contributed by atoms with Crippen molar-refractivity contribution in [3.63, 3.8) is 0 Å². The standard InChI is InChI=1S/C25H34BN5O4/c1-23(2)24(3,4)35-26(34-23)19-10-8-18(9-11-19)25(12-7-13-25)22(27)29-21(33)17-14-28-31(15-17)16-20(32)30(5)6/h8-11,14-15H,7,12-13,16H2,1-6H3,(H2,27,29,33). The maximum Gasteiger partial charge on any atom is 0.494 e. The third-order valence-electron chi connectivity index (χ3n) is 7.60. The first-order valence-electron chi connectivity index (χ1n) is 11.9. The van der Waals surface area contributed by atoms with Crippen LogP contribution in [0.1, 0.15) is 62.9 Å². The molecule has 0 radical (unpaired) electrons. The van der Waals surface area contributed by atoms with E-state index in [2.05, 4.69) is 10.4 Å². The van der Waals surface area contributed by atoms with Gasteiger partial charge in [-0.3, -0.25) is 19.7 Å². The summed E-state index contributed by atoms with van der Waals surface area (Å²) >= 11 is 0. The molecule has 0 atom stereocenters. The summed E-state index contributed by atoms with van der Waals surface area (Å²) in [7, 11) is 2.89. The van der Waals surface area contributed by atoms with Crippen LogP contribution in [0.15, 0.2) is 36.7 Å². The van der Waals surface area contributed by atoms with Crippen molar-refractivity contribution in [2.24, 2.45) is 0 Å². The smallest absolute Gasteiger partial charge is 0.399 e. The van der Waals surface area contributed by atoms with Crippen molar-refractivity contribution in [1.29, 1.82) is 5.41 Å². The van der Waals surface area contributed by atoms with Crippen LogP contribution in [0.4, 0.5) is 0 Å². The first-order valence-corrected chi connectivity index (χ1v) is 11.9. The highest BCUT2D eigenvalue weighted by Gasteiger charge is 2.52. The molecular weight excluding hydrogens is 445 g/mol. The average Bonchev–Trinajstić information content (AvgIpc) is 3.29. The average molecular weight is 479 g/mol.